The first kappa shape index (κ1) is 12.5. The molecule has 0 aliphatic carbocycles. The lowest BCUT2D eigenvalue weighted by Gasteiger charge is -2.30. The number of β-amino-alcohol motifs (C(OH)–C–C–N with tert-alkyl or cyclic N) is 1. The molecule has 1 aliphatic rings. The standard InChI is InChI=1S/C12H23NO2/c1-2-3-4-5-8-12(15)13-9-6-7-11(14)10-13/h11,14H,2-10H2,1H3. The number of hydrogen-bond acceptors (Lipinski definition) is 2. The Hall–Kier alpha value is -0.570. The summed E-state index contributed by atoms with van der Waals surface area (Å²) in [5, 5.41) is 9.44. The van der Waals surface area contributed by atoms with Gasteiger partial charge in [0.1, 0.15) is 0 Å². The molecule has 0 spiro atoms. The van der Waals surface area contributed by atoms with E-state index in [2.05, 4.69) is 6.92 Å². The second kappa shape index (κ2) is 6.83. The minimum absolute atomic E-state index is 0.227. The van der Waals surface area contributed by atoms with Gasteiger partial charge in [-0.2, -0.15) is 0 Å². The number of carbonyl (C=O) groups excluding carboxylic acids is 1. The van der Waals surface area contributed by atoms with Gasteiger partial charge in [-0.25, -0.2) is 0 Å². The van der Waals surface area contributed by atoms with Gasteiger partial charge in [0, 0.05) is 19.5 Å². The molecule has 0 aromatic carbocycles. The van der Waals surface area contributed by atoms with E-state index in [1.54, 1.807) is 0 Å². The number of carbonyl (C=O) groups is 1. The fourth-order valence-electron chi connectivity index (χ4n) is 2.04. The van der Waals surface area contributed by atoms with Gasteiger partial charge < -0.3 is 10.0 Å². The van der Waals surface area contributed by atoms with Crippen molar-refractivity contribution in [3.8, 4) is 0 Å². The van der Waals surface area contributed by atoms with Gasteiger partial charge in [-0.1, -0.05) is 26.2 Å². The van der Waals surface area contributed by atoms with Gasteiger partial charge >= 0.3 is 0 Å². The number of aliphatic hydroxyl groups is 1. The van der Waals surface area contributed by atoms with Crippen LogP contribution in [0.5, 0.6) is 0 Å². The van der Waals surface area contributed by atoms with Crippen molar-refractivity contribution in [3.05, 3.63) is 0 Å². The van der Waals surface area contributed by atoms with Crippen LogP contribution < -0.4 is 0 Å². The Kier molecular flexibility index (Phi) is 5.69. The Bertz CT molecular complexity index is 194. The number of aliphatic hydroxyl groups excluding tert-OH is 1. The van der Waals surface area contributed by atoms with Gasteiger partial charge in [0.2, 0.25) is 5.91 Å². The molecule has 1 fully saturated rings. The number of hydrogen-bond donors (Lipinski definition) is 1. The smallest absolute Gasteiger partial charge is 0.222 e. The topological polar surface area (TPSA) is 40.5 Å². The molecule has 1 aliphatic heterocycles. The molecule has 1 rings (SSSR count). The van der Waals surface area contributed by atoms with Crippen molar-refractivity contribution in [2.45, 2.75) is 58.0 Å². The molecule has 1 amide bonds. The number of unbranched alkanes of at least 4 members (excludes halogenated alkanes) is 3. The van der Waals surface area contributed by atoms with E-state index >= 15 is 0 Å². The lowest BCUT2D eigenvalue weighted by molar-refractivity contribution is -0.134. The van der Waals surface area contributed by atoms with Crippen LogP contribution in [-0.2, 0) is 4.79 Å². The van der Waals surface area contributed by atoms with E-state index in [4.69, 9.17) is 0 Å². The van der Waals surface area contributed by atoms with Crippen LogP contribution >= 0.6 is 0 Å². The van der Waals surface area contributed by atoms with Crippen molar-refractivity contribution in [1.82, 2.24) is 4.90 Å². The van der Waals surface area contributed by atoms with Crippen LogP contribution in [0.3, 0.4) is 0 Å². The molecule has 15 heavy (non-hydrogen) atoms. The highest BCUT2D eigenvalue weighted by Gasteiger charge is 2.21. The highest BCUT2D eigenvalue weighted by Crippen LogP contribution is 2.12. The fourth-order valence-corrected chi connectivity index (χ4v) is 2.04. The Morgan fingerprint density at radius 2 is 2.20 bits per heavy atom. The van der Waals surface area contributed by atoms with Gasteiger partial charge in [0.05, 0.1) is 6.10 Å². The molecule has 3 heteroatoms. The Labute approximate surface area is 92.5 Å². The highest BCUT2D eigenvalue weighted by molar-refractivity contribution is 5.76. The zero-order chi connectivity index (χ0) is 11.1. The first-order valence-electron chi connectivity index (χ1n) is 6.20. The average Bonchev–Trinajstić information content (AvgIpc) is 2.24. The first-order valence-corrected chi connectivity index (χ1v) is 6.20. The minimum atomic E-state index is -0.293. The van der Waals surface area contributed by atoms with Crippen LogP contribution in [0.4, 0.5) is 0 Å². The summed E-state index contributed by atoms with van der Waals surface area (Å²) in [6.07, 6.45) is 6.73. The fraction of sp³-hybridized carbons (Fsp3) is 0.917. The predicted molar refractivity (Wildman–Crippen MR) is 60.6 cm³/mol. The second-order valence-electron chi connectivity index (χ2n) is 4.45. The van der Waals surface area contributed by atoms with Crippen LogP contribution in [0.15, 0.2) is 0 Å². The van der Waals surface area contributed by atoms with E-state index in [9.17, 15) is 9.90 Å². The van der Waals surface area contributed by atoms with Crippen LogP contribution in [0.25, 0.3) is 0 Å². The van der Waals surface area contributed by atoms with Crippen LogP contribution in [0.2, 0.25) is 0 Å². The van der Waals surface area contributed by atoms with Gasteiger partial charge in [0.15, 0.2) is 0 Å². The second-order valence-corrected chi connectivity index (χ2v) is 4.45. The number of amides is 1. The molecule has 0 saturated carbocycles. The van der Waals surface area contributed by atoms with Crippen LogP contribution in [0, 0.1) is 0 Å². The lowest BCUT2D eigenvalue weighted by atomic mass is 10.1. The molecule has 1 unspecified atom stereocenters. The molecule has 3 nitrogen and oxygen atoms in total. The van der Waals surface area contributed by atoms with Crippen molar-refractivity contribution in [3.63, 3.8) is 0 Å². The SMILES string of the molecule is CCCCCCC(=O)N1CCCC(O)C1. The first-order chi connectivity index (χ1) is 7.24. The average molecular weight is 213 g/mol. The van der Waals surface area contributed by atoms with E-state index in [0.717, 1.165) is 32.2 Å². The summed E-state index contributed by atoms with van der Waals surface area (Å²) in [6.45, 7) is 3.55. The van der Waals surface area contributed by atoms with Gasteiger partial charge in [0.25, 0.3) is 0 Å². The van der Waals surface area contributed by atoms with E-state index in [1.165, 1.54) is 12.8 Å². The number of nitrogens with zero attached hydrogens (tertiary/aromatic N) is 1. The summed E-state index contributed by atoms with van der Waals surface area (Å²) in [7, 11) is 0. The van der Waals surface area contributed by atoms with Gasteiger partial charge in [-0.3, -0.25) is 4.79 Å². The monoisotopic (exact) mass is 213 g/mol. The predicted octanol–water partition coefficient (Wildman–Crippen LogP) is 1.94. The molecular weight excluding hydrogens is 190 g/mol. The van der Waals surface area contributed by atoms with Crippen molar-refractivity contribution in [2.75, 3.05) is 13.1 Å². The molecule has 88 valence electrons. The molecular formula is C12H23NO2. The quantitative estimate of drug-likeness (QED) is 0.709. The molecule has 0 aromatic rings. The lowest BCUT2D eigenvalue weighted by Crippen LogP contribution is -2.42. The zero-order valence-electron chi connectivity index (χ0n) is 9.74. The molecule has 1 saturated heterocycles. The van der Waals surface area contributed by atoms with E-state index in [1.807, 2.05) is 4.90 Å². The Morgan fingerprint density at radius 1 is 1.40 bits per heavy atom. The van der Waals surface area contributed by atoms with Crippen molar-refractivity contribution < 1.29 is 9.90 Å². The maximum atomic E-state index is 11.7. The summed E-state index contributed by atoms with van der Waals surface area (Å²) in [4.78, 5) is 13.5. The molecule has 1 atom stereocenters. The molecule has 1 N–H and O–H groups in total. The zero-order valence-corrected chi connectivity index (χ0v) is 9.74. The van der Waals surface area contributed by atoms with Crippen molar-refractivity contribution in [2.24, 2.45) is 0 Å². The summed E-state index contributed by atoms with van der Waals surface area (Å²) in [5.41, 5.74) is 0. The summed E-state index contributed by atoms with van der Waals surface area (Å²) < 4.78 is 0. The normalized spacial score (nSPS) is 21.7. The summed E-state index contributed by atoms with van der Waals surface area (Å²) in [6, 6.07) is 0. The van der Waals surface area contributed by atoms with E-state index in [0.29, 0.717) is 13.0 Å². The highest BCUT2D eigenvalue weighted by atomic mass is 16.3. The van der Waals surface area contributed by atoms with E-state index in [-0.39, 0.29) is 12.0 Å². The van der Waals surface area contributed by atoms with Crippen LogP contribution in [-0.4, -0.2) is 35.1 Å². The van der Waals surface area contributed by atoms with E-state index < -0.39 is 0 Å². The molecule has 1 heterocycles. The third-order valence-electron chi connectivity index (χ3n) is 2.99. The number of likely N-dealkylation sites (tertiary alicyclic amines) is 1. The summed E-state index contributed by atoms with van der Waals surface area (Å²) >= 11 is 0. The largest absolute Gasteiger partial charge is 0.391 e. The minimum Gasteiger partial charge on any atom is -0.391 e. The summed E-state index contributed by atoms with van der Waals surface area (Å²) in [5.74, 6) is 0.227. The third kappa shape index (κ3) is 4.65. The Morgan fingerprint density at radius 3 is 2.87 bits per heavy atom. The van der Waals surface area contributed by atoms with Crippen molar-refractivity contribution in [1.29, 1.82) is 0 Å². The number of rotatable bonds is 5. The molecule has 0 aromatic heterocycles. The third-order valence-corrected chi connectivity index (χ3v) is 2.99. The molecule has 0 radical (unpaired) electrons. The van der Waals surface area contributed by atoms with Crippen molar-refractivity contribution >= 4 is 5.91 Å². The molecule has 0 bridgehead atoms. The maximum absolute atomic E-state index is 11.7. The number of piperidine rings is 1. The van der Waals surface area contributed by atoms with Crippen LogP contribution in [0.1, 0.15) is 51.9 Å². The Balaban J connectivity index is 2.15. The van der Waals surface area contributed by atoms with Gasteiger partial charge in [-0.15, -0.1) is 0 Å². The maximum Gasteiger partial charge on any atom is 0.222 e. The van der Waals surface area contributed by atoms with Gasteiger partial charge in [-0.05, 0) is 19.3 Å².